The van der Waals surface area contributed by atoms with E-state index in [9.17, 15) is 8.42 Å². The highest BCUT2D eigenvalue weighted by atomic mass is 32.2. The maximum absolute atomic E-state index is 11.4. The van der Waals surface area contributed by atoms with Crippen LogP contribution in [0.3, 0.4) is 0 Å². The fourth-order valence-corrected chi connectivity index (χ4v) is 2.29. The van der Waals surface area contributed by atoms with Gasteiger partial charge in [-0.25, -0.2) is 8.42 Å². The number of sulfonamides is 1. The maximum Gasteiger partial charge on any atom is 0.229 e. The third-order valence-electron chi connectivity index (χ3n) is 2.72. The molecule has 0 saturated carbocycles. The van der Waals surface area contributed by atoms with Gasteiger partial charge >= 0.3 is 0 Å². The number of methoxy groups -OCH3 is 1. The van der Waals surface area contributed by atoms with Crippen LogP contribution < -0.4 is 14.8 Å². The second kappa shape index (κ2) is 5.28. The lowest BCUT2D eigenvalue weighted by Crippen LogP contribution is -2.15. The molecule has 0 saturated heterocycles. The molecular weight excluding hydrogens is 264 g/mol. The Labute approximate surface area is 115 Å². The minimum absolute atomic E-state index is 0.0915. The zero-order valence-corrected chi connectivity index (χ0v) is 13.1. The Kier molecular flexibility index (Phi) is 4.35. The molecule has 0 spiro atoms. The van der Waals surface area contributed by atoms with Gasteiger partial charge in [0.1, 0.15) is 0 Å². The van der Waals surface area contributed by atoms with E-state index in [0.29, 0.717) is 11.4 Å². The highest BCUT2D eigenvalue weighted by molar-refractivity contribution is 7.92. The van der Waals surface area contributed by atoms with E-state index < -0.39 is 10.0 Å². The van der Waals surface area contributed by atoms with E-state index >= 15 is 0 Å². The Morgan fingerprint density at radius 1 is 1.16 bits per heavy atom. The molecule has 0 fully saturated rings. The Balaban J connectivity index is 3.49. The Morgan fingerprint density at radius 3 is 2.05 bits per heavy atom. The quantitative estimate of drug-likeness (QED) is 0.892. The van der Waals surface area contributed by atoms with Gasteiger partial charge in [-0.1, -0.05) is 20.8 Å². The third-order valence-corrected chi connectivity index (χ3v) is 3.31. The predicted molar refractivity (Wildman–Crippen MR) is 79.7 cm³/mol. The summed E-state index contributed by atoms with van der Waals surface area (Å²) >= 11 is 0. The molecule has 0 aliphatic carbocycles. The van der Waals surface area contributed by atoms with Gasteiger partial charge in [-0.15, -0.1) is 0 Å². The van der Waals surface area contributed by atoms with Crippen LogP contribution in [0.5, 0.6) is 5.75 Å². The van der Waals surface area contributed by atoms with Crippen LogP contribution in [0.4, 0.5) is 11.4 Å². The van der Waals surface area contributed by atoms with Crippen LogP contribution in [0.2, 0.25) is 0 Å². The molecule has 0 aromatic heterocycles. The van der Waals surface area contributed by atoms with E-state index in [2.05, 4.69) is 30.8 Å². The normalized spacial score (nSPS) is 12.1. The first-order valence-corrected chi connectivity index (χ1v) is 7.85. The van der Waals surface area contributed by atoms with E-state index in [1.807, 2.05) is 6.07 Å². The predicted octanol–water partition coefficient (Wildman–Crippen LogP) is 2.41. The van der Waals surface area contributed by atoms with Crippen molar-refractivity contribution in [2.75, 3.05) is 30.5 Å². The lowest BCUT2D eigenvalue weighted by molar-refractivity contribution is 0.418. The average molecular weight is 286 g/mol. The minimum Gasteiger partial charge on any atom is -0.492 e. The fourth-order valence-electron chi connectivity index (χ4n) is 1.74. The molecule has 1 aromatic rings. The van der Waals surface area contributed by atoms with Crippen LogP contribution >= 0.6 is 0 Å². The molecule has 0 heterocycles. The number of hydrogen-bond donors (Lipinski definition) is 2. The second-order valence-corrected chi connectivity index (χ2v) is 7.23. The molecule has 2 N–H and O–H groups in total. The second-order valence-electron chi connectivity index (χ2n) is 5.48. The number of benzene rings is 1. The Hall–Kier alpha value is -1.43. The number of nitrogens with one attached hydrogen (secondary N) is 2. The Morgan fingerprint density at radius 2 is 1.68 bits per heavy atom. The van der Waals surface area contributed by atoms with Gasteiger partial charge < -0.3 is 10.1 Å². The summed E-state index contributed by atoms with van der Waals surface area (Å²) in [6.45, 7) is 6.20. The SMILES string of the molecule is CNc1cc(C(C)(C)C)cc(NS(C)(=O)=O)c1OC. The molecule has 6 heteroatoms. The van der Waals surface area contributed by atoms with Crippen LogP contribution in [0.1, 0.15) is 26.3 Å². The standard InChI is InChI=1S/C13H22N2O3S/c1-13(2,3)9-7-10(14-4)12(18-5)11(8-9)15-19(6,16)17/h7-8,14-15H,1-6H3. The summed E-state index contributed by atoms with van der Waals surface area (Å²) in [5.41, 5.74) is 2.12. The maximum atomic E-state index is 11.4. The van der Waals surface area contributed by atoms with Crippen LogP contribution in [0, 0.1) is 0 Å². The van der Waals surface area contributed by atoms with Crippen molar-refractivity contribution >= 4 is 21.4 Å². The summed E-state index contributed by atoms with van der Waals surface area (Å²) < 4.78 is 30.7. The van der Waals surface area contributed by atoms with Gasteiger partial charge in [0.2, 0.25) is 10.0 Å². The molecular formula is C13H22N2O3S. The molecule has 0 atom stereocenters. The lowest BCUT2D eigenvalue weighted by atomic mass is 9.86. The van der Waals surface area contributed by atoms with Gasteiger partial charge in [-0.3, -0.25) is 4.72 Å². The molecule has 0 bridgehead atoms. The first-order valence-electron chi connectivity index (χ1n) is 5.96. The van der Waals surface area contributed by atoms with E-state index in [-0.39, 0.29) is 5.41 Å². The van der Waals surface area contributed by atoms with Crippen molar-refractivity contribution in [3.63, 3.8) is 0 Å². The summed E-state index contributed by atoms with van der Waals surface area (Å²) in [5.74, 6) is 0.487. The van der Waals surface area contributed by atoms with Gasteiger partial charge in [-0.2, -0.15) is 0 Å². The summed E-state index contributed by atoms with van der Waals surface area (Å²) in [6, 6.07) is 3.77. The molecule has 1 rings (SSSR count). The largest absolute Gasteiger partial charge is 0.492 e. The van der Waals surface area contributed by atoms with Crippen molar-refractivity contribution in [1.29, 1.82) is 0 Å². The van der Waals surface area contributed by atoms with Gasteiger partial charge in [0, 0.05) is 7.05 Å². The van der Waals surface area contributed by atoms with Crippen LogP contribution in [-0.4, -0.2) is 28.8 Å². The zero-order chi connectivity index (χ0) is 14.8. The number of anilines is 2. The van der Waals surface area contributed by atoms with E-state index in [1.54, 1.807) is 13.1 Å². The number of hydrogen-bond acceptors (Lipinski definition) is 4. The summed E-state index contributed by atoms with van der Waals surface area (Å²) in [5, 5.41) is 3.03. The van der Waals surface area contributed by atoms with Crippen molar-refractivity contribution in [2.45, 2.75) is 26.2 Å². The fraction of sp³-hybridized carbons (Fsp3) is 0.538. The Bertz CT molecular complexity index is 560. The van der Waals surface area contributed by atoms with Crippen LogP contribution in [0.15, 0.2) is 12.1 Å². The van der Waals surface area contributed by atoms with Gasteiger partial charge in [0.25, 0.3) is 0 Å². The lowest BCUT2D eigenvalue weighted by Gasteiger charge is -2.23. The molecule has 0 amide bonds. The summed E-state index contributed by atoms with van der Waals surface area (Å²) in [4.78, 5) is 0. The molecule has 1 aromatic carbocycles. The monoisotopic (exact) mass is 286 g/mol. The van der Waals surface area contributed by atoms with Crippen molar-refractivity contribution in [2.24, 2.45) is 0 Å². The molecule has 0 radical (unpaired) electrons. The molecule has 0 aliphatic heterocycles. The van der Waals surface area contributed by atoms with E-state index in [4.69, 9.17) is 4.74 Å². The van der Waals surface area contributed by atoms with Gasteiger partial charge in [-0.05, 0) is 23.1 Å². The number of ether oxygens (including phenoxy) is 1. The highest BCUT2D eigenvalue weighted by Crippen LogP contribution is 2.38. The van der Waals surface area contributed by atoms with Crippen molar-refractivity contribution in [3.05, 3.63) is 17.7 Å². The molecule has 19 heavy (non-hydrogen) atoms. The molecule has 5 nitrogen and oxygen atoms in total. The molecule has 0 aliphatic rings. The van der Waals surface area contributed by atoms with Gasteiger partial charge in [0.15, 0.2) is 5.75 Å². The first-order chi connectivity index (χ1) is 8.58. The van der Waals surface area contributed by atoms with Crippen molar-refractivity contribution in [3.8, 4) is 5.75 Å². The molecule has 108 valence electrons. The van der Waals surface area contributed by atoms with Crippen molar-refractivity contribution in [1.82, 2.24) is 0 Å². The third kappa shape index (κ3) is 4.02. The zero-order valence-electron chi connectivity index (χ0n) is 12.3. The van der Waals surface area contributed by atoms with Crippen LogP contribution in [0.25, 0.3) is 0 Å². The van der Waals surface area contributed by atoms with E-state index in [1.165, 1.54) is 7.11 Å². The summed E-state index contributed by atoms with van der Waals surface area (Å²) in [6.07, 6.45) is 1.12. The average Bonchev–Trinajstić information content (AvgIpc) is 2.24. The van der Waals surface area contributed by atoms with Gasteiger partial charge in [0.05, 0.1) is 24.7 Å². The number of rotatable bonds is 4. The van der Waals surface area contributed by atoms with Crippen molar-refractivity contribution < 1.29 is 13.2 Å². The highest BCUT2D eigenvalue weighted by Gasteiger charge is 2.20. The smallest absolute Gasteiger partial charge is 0.229 e. The first kappa shape index (κ1) is 15.6. The molecule has 0 unspecified atom stereocenters. The topological polar surface area (TPSA) is 67.4 Å². The van der Waals surface area contributed by atoms with Crippen LogP contribution in [-0.2, 0) is 15.4 Å². The summed E-state index contributed by atoms with van der Waals surface area (Å²) in [7, 11) is -0.0682. The minimum atomic E-state index is -3.35. The van der Waals surface area contributed by atoms with E-state index in [0.717, 1.165) is 17.5 Å².